The molecular formula is C15H16N2O2. The van der Waals surface area contributed by atoms with E-state index in [1.165, 1.54) is 0 Å². The first-order valence-electron chi connectivity index (χ1n) is 6.00. The van der Waals surface area contributed by atoms with Crippen LogP contribution < -0.4 is 5.48 Å². The Bertz CT molecular complexity index is 524. The summed E-state index contributed by atoms with van der Waals surface area (Å²) in [4.78, 5) is 9.38. The normalized spacial score (nSPS) is 10.2. The van der Waals surface area contributed by atoms with Gasteiger partial charge in [-0.1, -0.05) is 36.9 Å². The van der Waals surface area contributed by atoms with Gasteiger partial charge in [-0.2, -0.15) is 0 Å². The average Bonchev–Trinajstić information content (AvgIpc) is 2.48. The van der Waals surface area contributed by atoms with Crippen LogP contribution in [0.1, 0.15) is 5.56 Å². The highest BCUT2D eigenvalue weighted by Gasteiger charge is 2.01. The summed E-state index contributed by atoms with van der Waals surface area (Å²) in [6, 6.07) is 13.8. The van der Waals surface area contributed by atoms with Gasteiger partial charge in [0.2, 0.25) is 0 Å². The number of rotatable bonds is 6. The van der Waals surface area contributed by atoms with Crippen molar-refractivity contribution in [2.24, 2.45) is 0 Å². The molecule has 0 saturated carbocycles. The van der Waals surface area contributed by atoms with Crippen molar-refractivity contribution in [2.45, 2.75) is 0 Å². The van der Waals surface area contributed by atoms with E-state index in [4.69, 9.17) is 9.94 Å². The van der Waals surface area contributed by atoms with Gasteiger partial charge in [-0.05, 0) is 12.1 Å². The summed E-state index contributed by atoms with van der Waals surface area (Å²) in [6.45, 7) is 4.02. The largest absolute Gasteiger partial charge is 0.394 e. The number of benzene rings is 1. The lowest BCUT2D eigenvalue weighted by molar-refractivity contribution is 0.0481. The third kappa shape index (κ3) is 3.64. The smallest absolute Gasteiger partial charge is 0.0976 e. The summed E-state index contributed by atoms with van der Waals surface area (Å²) in [5.41, 5.74) is 6.11. The Balaban J connectivity index is 2.04. The maximum Gasteiger partial charge on any atom is 0.0976 e. The van der Waals surface area contributed by atoms with Crippen LogP contribution in [0, 0.1) is 0 Å². The first-order chi connectivity index (χ1) is 9.31. The van der Waals surface area contributed by atoms with Crippen LogP contribution in [0.2, 0.25) is 0 Å². The summed E-state index contributed by atoms with van der Waals surface area (Å²) in [5, 5.41) is 8.61. The van der Waals surface area contributed by atoms with E-state index in [1.54, 1.807) is 6.20 Å². The number of hydrogen-bond donors (Lipinski definition) is 2. The summed E-state index contributed by atoms with van der Waals surface area (Å²) >= 11 is 0. The molecule has 1 heterocycles. The number of pyridine rings is 1. The van der Waals surface area contributed by atoms with Crippen molar-refractivity contribution in [3.05, 3.63) is 60.8 Å². The van der Waals surface area contributed by atoms with Crippen LogP contribution in [0.25, 0.3) is 17.0 Å². The van der Waals surface area contributed by atoms with E-state index in [-0.39, 0.29) is 13.2 Å². The standard InChI is InChI=1S/C15H16N2O2/c1-12(17-19-10-9-18)14-7-8-15(16-11-14)13-5-3-2-4-6-13/h2-8,11,17-18H,1,9-10H2. The van der Waals surface area contributed by atoms with Crippen LogP contribution in [-0.4, -0.2) is 23.3 Å². The zero-order chi connectivity index (χ0) is 13.5. The van der Waals surface area contributed by atoms with E-state index in [2.05, 4.69) is 17.0 Å². The molecule has 1 aromatic heterocycles. The predicted octanol–water partition coefficient (Wildman–Crippen LogP) is 2.23. The van der Waals surface area contributed by atoms with Crippen molar-refractivity contribution >= 4 is 5.70 Å². The molecule has 2 aromatic rings. The Kier molecular flexibility index (Phi) is 4.66. The van der Waals surface area contributed by atoms with Gasteiger partial charge in [-0.25, -0.2) is 0 Å². The lowest BCUT2D eigenvalue weighted by Crippen LogP contribution is -2.15. The van der Waals surface area contributed by atoms with Gasteiger partial charge in [0.05, 0.1) is 24.6 Å². The van der Waals surface area contributed by atoms with E-state index >= 15 is 0 Å². The van der Waals surface area contributed by atoms with Gasteiger partial charge < -0.3 is 5.11 Å². The van der Waals surface area contributed by atoms with Crippen LogP contribution in [0.4, 0.5) is 0 Å². The molecular weight excluding hydrogens is 240 g/mol. The highest BCUT2D eigenvalue weighted by atomic mass is 16.6. The number of aliphatic hydroxyl groups is 1. The van der Waals surface area contributed by atoms with Crippen LogP contribution in [0.15, 0.2) is 55.2 Å². The summed E-state index contributed by atoms with van der Waals surface area (Å²) in [5.74, 6) is 0. The van der Waals surface area contributed by atoms with Gasteiger partial charge >= 0.3 is 0 Å². The van der Waals surface area contributed by atoms with Crippen LogP contribution >= 0.6 is 0 Å². The second kappa shape index (κ2) is 6.68. The fraction of sp³-hybridized carbons (Fsp3) is 0.133. The van der Waals surface area contributed by atoms with E-state index < -0.39 is 0 Å². The van der Waals surface area contributed by atoms with Gasteiger partial charge in [0, 0.05) is 17.3 Å². The maximum absolute atomic E-state index is 8.61. The van der Waals surface area contributed by atoms with E-state index in [9.17, 15) is 0 Å². The molecule has 0 saturated heterocycles. The minimum absolute atomic E-state index is 0.0362. The van der Waals surface area contributed by atoms with Crippen LogP contribution in [0.5, 0.6) is 0 Å². The molecule has 0 aliphatic heterocycles. The molecule has 4 nitrogen and oxygen atoms in total. The molecule has 98 valence electrons. The van der Waals surface area contributed by atoms with Gasteiger partial charge in [0.1, 0.15) is 0 Å². The highest BCUT2D eigenvalue weighted by molar-refractivity contribution is 5.64. The van der Waals surface area contributed by atoms with Crippen molar-refractivity contribution in [2.75, 3.05) is 13.2 Å². The second-order valence-corrected chi connectivity index (χ2v) is 3.95. The first-order valence-corrected chi connectivity index (χ1v) is 6.00. The molecule has 0 fully saturated rings. The summed E-state index contributed by atoms with van der Waals surface area (Å²) < 4.78 is 0. The van der Waals surface area contributed by atoms with Gasteiger partial charge in [0.15, 0.2) is 0 Å². The van der Waals surface area contributed by atoms with Crippen LogP contribution in [0.3, 0.4) is 0 Å². The summed E-state index contributed by atoms with van der Waals surface area (Å²) in [6.07, 6.45) is 1.74. The number of nitrogens with zero attached hydrogens (tertiary/aromatic N) is 1. The van der Waals surface area contributed by atoms with Gasteiger partial charge in [-0.15, -0.1) is 0 Å². The molecule has 0 radical (unpaired) electrons. The first kappa shape index (κ1) is 13.3. The molecule has 0 aliphatic rings. The molecule has 2 N–H and O–H groups in total. The molecule has 0 aliphatic carbocycles. The lowest BCUT2D eigenvalue weighted by atomic mass is 10.1. The summed E-state index contributed by atoms with van der Waals surface area (Å²) in [7, 11) is 0. The number of aliphatic hydroxyl groups excluding tert-OH is 1. The van der Waals surface area contributed by atoms with E-state index in [0.29, 0.717) is 5.70 Å². The zero-order valence-electron chi connectivity index (χ0n) is 10.5. The molecule has 0 unspecified atom stereocenters. The SMILES string of the molecule is C=C(NOCCO)c1ccc(-c2ccccc2)nc1. The predicted molar refractivity (Wildman–Crippen MR) is 74.9 cm³/mol. The Morgan fingerprint density at radius 2 is 2.00 bits per heavy atom. The molecule has 0 amide bonds. The minimum Gasteiger partial charge on any atom is -0.394 e. The van der Waals surface area contributed by atoms with E-state index in [1.807, 2.05) is 42.5 Å². The number of hydrogen-bond acceptors (Lipinski definition) is 4. The molecule has 2 rings (SSSR count). The molecule has 0 bridgehead atoms. The minimum atomic E-state index is -0.0362. The maximum atomic E-state index is 8.61. The third-order valence-electron chi connectivity index (χ3n) is 2.57. The third-order valence-corrected chi connectivity index (χ3v) is 2.57. The van der Waals surface area contributed by atoms with Crippen molar-refractivity contribution in [1.82, 2.24) is 10.5 Å². The molecule has 1 aromatic carbocycles. The van der Waals surface area contributed by atoms with Crippen molar-refractivity contribution < 1.29 is 9.94 Å². The molecule has 4 heteroatoms. The Labute approximate surface area is 112 Å². The van der Waals surface area contributed by atoms with E-state index in [0.717, 1.165) is 16.8 Å². The fourth-order valence-electron chi connectivity index (χ4n) is 1.59. The zero-order valence-corrected chi connectivity index (χ0v) is 10.5. The Morgan fingerprint density at radius 1 is 1.21 bits per heavy atom. The van der Waals surface area contributed by atoms with Crippen molar-refractivity contribution in [3.8, 4) is 11.3 Å². The Hall–Kier alpha value is -2.17. The van der Waals surface area contributed by atoms with Crippen LogP contribution in [-0.2, 0) is 4.84 Å². The van der Waals surface area contributed by atoms with Gasteiger partial charge in [-0.3, -0.25) is 15.3 Å². The lowest BCUT2D eigenvalue weighted by Gasteiger charge is -2.09. The molecule has 0 atom stereocenters. The quantitative estimate of drug-likeness (QED) is 0.614. The number of nitrogens with one attached hydrogen (secondary N) is 1. The van der Waals surface area contributed by atoms with Crippen molar-refractivity contribution in [3.63, 3.8) is 0 Å². The average molecular weight is 256 g/mol. The number of hydroxylamine groups is 1. The number of aromatic nitrogens is 1. The Morgan fingerprint density at radius 3 is 2.63 bits per heavy atom. The molecule has 19 heavy (non-hydrogen) atoms. The topological polar surface area (TPSA) is 54.4 Å². The fourth-order valence-corrected chi connectivity index (χ4v) is 1.59. The van der Waals surface area contributed by atoms with Crippen molar-refractivity contribution in [1.29, 1.82) is 0 Å². The second-order valence-electron chi connectivity index (χ2n) is 3.95. The molecule has 0 spiro atoms. The highest BCUT2D eigenvalue weighted by Crippen LogP contribution is 2.17. The monoisotopic (exact) mass is 256 g/mol. The van der Waals surface area contributed by atoms with Gasteiger partial charge in [0.25, 0.3) is 0 Å².